The smallest absolute Gasteiger partial charge is 0.255 e. The minimum atomic E-state index is -3.34. The van der Waals surface area contributed by atoms with Gasteiger partial charge in [0.25, 0.3) is 5.91 Å². The number of sulfonamides is 1. The van der Waals surface area contributed by atoms with E-state index in [0.717, 1.165) is 6.26 Å². The molecule has 9 heteroatoms. The molecule has 8 nitrogen and oxygen atoms in total. The Morgan fingerprint density at radius 3 is 2.54 bits per heavy atom. The van der Waals surface area contributed by atoms with Crippen LogP contribution in [0.25, 0.3) is 0 Å². The van der Waals surface area contributed by atoms with Gasteiger partial charge in [0.2, 0.25) is 15.9 Å². The van der Waals surface area contributed by atoms with Gasteiger partial charge >= 0.3 is 0 Å². The Morgan fingerprint density at radius 2 is 1.93 bits per heavy atom. The summed E-state index contributed by atoms with van der Waals surface area (Å²) in [6.07, 6.45) is 2.49. The molecule has 0 saturated carbocycles. The summed E-state index contributed by atoms with van der Waals surface area (Å²) in [6.45, 7) is 4.55. The van der Waals surface area contributed by atoms with Crippen LogP contribution in [0.1, 0.15) is 37.0 Å². The molecule has 2 N–H and O–H groups in total. The highest BCUT2D eigenvalue weighted by atomic mass is 32.2. The van der Waals surface area contributed by atoms with E-state index in [1.165, 1.54) is 7.11 Å². The molecule has 2 amide bonds. The standard InChI is InChI=1S/C19H29N3O5S/c1-13(2)17(20-18(23)15-9-5-6-10-16(15)27-3)19(24)22-11-7-8-14(12-22)21-28(4,25)26/h5-6,9-10,13-14,17,21H,7-8,11-12H2,1-4H3,(H,20,23). The predicted molar refractivity (Wildman–Crippen MR) is 107 cm³/mol. The van der Waals surface area contributed by atoms with Crippen LogP contribution in [0.3, 0.4) is 0 Å². The molecule has 0 bridgehead atoms. The number of piperidine rings is 1. The van der Waals surface area contributed by atoms with Crippen LogP contribution in [-0.2, 0) is 14.8 Å². The molecule has 156 valence electrons. The molecule has 28 heavy (non-hydrogen) atoms. The highest BCUT2D eigenvalue weighted by Crippen LogP contribution is 2.19. The van der Waals surface area contributed by atoms with Crippen LogP contribution in [0.15, 0.2) is 24.3 Å². The van der Waals surface area contributed by atoms with Crippen molar-refractivity contribution in [3.05, 3.63) is 29.8 Å². The SMILES string of the molecule is COc1ccccc1C(=O)NC(C(=O)N1CCCC(NS(C)(=O)=O)C1)C(C)C. The van der Waals surface area contributed by atoms with Crippen molar-refractivity contribution >= 4 is 21.8 Å². The second-order valence-electron chi connectivity index (χ2n) is 7.41. The molecule has 1 aromatic carbocycles. The van der Waals surface area contributed by atoms with Gasteiger partial charge in [0.1, 0.15) is 11.8 Å². The highest BCUT2D eigenvalue weighted by molar-refractivity contribution is 7.88. The minimum Gasteiger partial charge on any atom is -0.496 e. The average molecular weight is 412 g/mol. The fourth-order valence-corrected chi connectivity index (χ4v) is 4.14. The number of benzene rings is 1. The molecule has 1 saturated heterocycles. The lowest BCUT2D eigenvalue weighted by Crippen LogP contribution is -2.56. The average Bonchev–Trinajstić information content (AvgIpc) is 2.64. The summed E-state index contributed by atoms with van der Waals surface area (Å²) < 4.78 is 30.8. The number of rotatable bonds is 7. The van der Waals surface area contributed by atoms with Crippen molar-refractivity contribution in [2.45, 2.75) is 38.8 Å². The summed E-state index contributed by atoms with van der Waals surface area (Å²) in [6, 6.07) is 5.80. The topological polar surface area (TPSA) is 105 Å². The van der Waals surface area contributed by atoms with Crippen molar-refractivity contribution in [2.75, 3.05) is 26.5 Å². The van der Waals surface area contributed by atoms with Crippen molar-refractivity contribution in [3.8, 4) is 5.75 Å². The van der Waals surface area contributed by atoms with E-state index >= 15 is 0 Å². The molecule has 0 spiro atoms. The molecule has 1 aromatic rings. The first-order valence-corrected chi connectivity index (χ1v) is 11.2. The maximum absolute atomic E-state index is 13.1. The van der Waals surface area contributed by atoms with Gasteiger partial charge in [-0.1, -0.05) is 26.0 Å². The van der Waals surface area contributed by atoms with E-state index in [2.05, 4.69) is 10.0 Å². The van der Waals surface area contributed by atoms with Gasteiger partial charge in [-0.05, 0) is 30.9 Å². The highest BCUT2D eigenvalue weighted by Gasteiger charge is 2.33. The zero-order valence-electron chi connectivity index (χ0n) is 16.8. The third-order valence-corrected chi connectivity index (χ3v) is 5.45. The van der Waals surface area contributed by atoms with Gasteiger partial charge in [-0.25, -0.2) is 13.1 Å². The molecule has 1 heterocycles. The maximum atomic E-state index is 13.1. The van der Waals surface area contributed by atoms with E-state index in [1.54, 1.807) is 29.2 Å². The first-order chi connectivity index (χ1) is 13.1. The lowest BCUT2D eigenvalue weighted by Gasteiger charge is -2.36. The number of hydrogen-bond acceptors (Lipinski definition) is 5. The summed E-state index contributed by atoms with van der Waals surface area (Å²) in [5.74, 6) is -0.287. The van der Waals surface area contributed by atoms with Crippen LogP contribution >= 0.6 is 0 Å². The fourth-order valence-electron chi connectivity index (χ4n) is 3.34. The number of ether oxygens (including phenoxy) is 1. The van der Waals surface area contributed by atoms with Crippen LogP contribution in [0.4, 0.5) is 0 Å². The Balaban J connectivity index is 2.12. The summed E-state index contributed by atoms with van der Waals surface area (Å²) >= 11 is 0. The van der Waals surface area contributed by atoms with Crippen molar-refractivity contribution < 1.29 is 22.7 Å². The van der Waals surface area contributed by atoms with Gasteiger partial charge in [-0.3, -0.25) is 9.59 Å². The Morgan fingerprint density at radius 1 is 1.25 bits per heavy atom. The van der Waals surface area contributed by atoms with E-state index < -0.39 is 16.1 Å². The van der Waals surface area contributed by atoms with E-state index in [0.29, 0.717) is 37.2 Å². The van der Waals surface area contributed by atoms with Gasteiger partial charge in [-0.2, -0.15) is 0 Å². The lowest BCUT2D eigenvalue weighted by molar-refractivity contribution is -0.135. The number of methoxy groups -OCH3 is 1. The zero-order valence-corrected chi connectivity index (χ0v) is 17.6. The Labute approximate surface area is 166 Å². The van der Waals surface area contributed by atoms with Gasteiger partial charge in [-0.15, -0.1) is 0 Å². The number of hydrogen-bond donors (Lipinski definition) is 2. The van der Waals surface area contributed by atoms with Crippen molar-refractivity contribution in [3.63, 3.8) is 0 Å². The second kappa shape index (κ2) is 9.38. The third-order valence-electron chi connectivity index (χ3n) is 4.68. The molecule has 0 aromatic heterocycles. The largest absolute Gasteiger partial charge is 0.496 e. The van der Waals surface area contributed by atoms with Crippen molar-refractivity contribution in [2.24, 2.45) is 5.92 Å². The van der Waals surface area contributed by atoms with E-state index in [1.807, 2.05) is 13.8 Å². The molecule has 1 aliphatic rings. The van der Waals surface area contributed by atoms with Crippen LogP contribution in [0.2, 0.25) is 0 Å². The molecule has 1 aliphatic heterocycles. The molecule has 2 unspecified atom stereocenters. The number of nitrogens with one attached hydrogen (secondary N) is 2. The van der Waals surface area contributed by atoms with Crippen LogP contribution in [0, 0.1) is 5.92 Å². The molecule has 2 atom stereocenters. The Hall–Kier alpha value is -2.13. The van der Waals surface area contributed by atoms with Crippen LogP contribution < -0.4 is 14.8 Å². The normalized spacial score (nSPS) is 18.6. The minimum absolute atomic E-state index is 0.130. The predicted octanol–water partition coefficient (Wildman–Crippen LogP) is 0.990. The summed E-state index contributed by atoms with van der Waals surface area (Å²) in [5, 5.41) is 2.82. The molecular formula is C19H29N3O5S. The molecule has 2 rings (SSSR count). The van der Waals surface area contributed by atoms with Crippen molar-refractivity contribution in [1.82, 2.24) is 14.9 Å². The molecule has 0 radical (unpaired) electrons. The summed E-state index contributed by atoms with van der Waals surface area (Å²) in [4.78, 5) is 27.4. The van der Waals surface area contributed by atoms with E-state index in [9.17, 15) is 18.0 Å². The molecule has 1 fully saturated rings. The zero-order chi connectivity index (χ0) is 20.9. The van der Waals surface area contributed by atoms with Gasteiger partial charge in [0.15, 0.2) is 0 Å². The summed E-state index contributed by atoms with van der Waals surface area (Å²) in [5.41, 5.74) is 0.360. The number of carbonyl (C=O) groups excluding carboxylic acids is 2. The quantitative estimate of drug-likeness (QED) is 0.696. The van der Waals surface area contributed by atoms with E-state index in [-0.39, 0.29) is 23.8 Å². The molecule has 0 aliphatic carbocycles. The van der Waals surface area contributed by atoms with E-state index in [4.69, 9.17) is 4.74 Å². The Bertz CT molecular complexity index is 810. The second-order valence-corrected chi connectivity index (χ2v) is 9.19. The fraction of sp³-hybridized carbons (Fsp3) is 0.579. The Kier molecular flexibility index (Phi) is 7.42. The first kappa shape index (κ1) is 22.2. The first-order valence-electron chi connectivity index (χ1n) is 9.32. The summed E-state index contributed by atoms with van der Waals surface area (Å²) in [7, 11) is -1.86. The third kappa shape index (κ3) is 5.93. The van der Waals surface area contributed by atoms with Gasteiger partial charge in [0.05, 0.1) is 18.9 Å². The van der Waals surface area contributed by atoms with Crippen LogP contribution in [0.5, 0.6) is 5.75 Å². The van der Waals surface area contributed by atoms with Crippen LogP contribution in [-0.4, -0.2) is 63.7 Å². The number of carbonyl (C=O) groups is 2. The maximum Gasteiger partial charge on any atom is 0.255 e. The molecular weight excluding hydrogens is 382 g/mol. The number of para-hydroxylation sites is 1. The van der Waals surface area contributed by atoms with Gasteiger partial charge in [0, 0.05) is 19.1 Å². The number of nitrogens with zero attached hydrogens (tertiary/aromatic N) is 1. The number of amides is 2. The lowest BCUT2D eigenvalue weighted by atomic mass is 9.99. The van der Waals surface area contributed by atoms with Gasteiger partial charge < -0.3 is 15.0 Å². The van der Waals surface area contributed by atoms with Crippen molar-refractivity contribution in [1.29, 1.82) is 0 Å². The monoisotopic (exact) mass is 411 g/mol. The number of likely N-dealkylation sites (tertiary alicyclic amines) is 1.